The minimum atomic E-state index is -3.18. The number of nitrogens with one attached hydrogen (secondary N) is 1. The maximum absolute atomic E-state index is 11.4. The Kier molecular flexibility index (Phi) is 3.01. The van der Waals surface area contributed by atoms with Crippen LogP contribution >= 0.6 is 0 Å². The minimum absolute atomic E-state index is 0.0647. The van der Waals surface area contributed by atoms with Gasteiger partial charge < -0.3 is 10.4 Å². The number of carboxylic acid groups (broad SMARTS) is 1. The summed E-state index contributed by atoms with van der Waals surface area (Å²) in [5.41, 5.74) is 1.98. The van der Waals surface area contributed by atoms with Crippen LogP contribution in [0.1, 0.15) is 28.0 Å². The first-order chi connectivity index (χ1) is 9.44. The number of nitrogens with zero attached hydrogens (tertiary/aromatic N) is 1. The number of pyridine rings is 1. The summed E-state index contributed by atoms with van der Waals surface area (Å²) in [7, 11) is -3.18. The first-order valence-corrected chi connectivity index (χ1v) is 8.10. The van der Waals surface area contributed by atoms with Crippen molar-refractivity contribution in [3.05, 3.63) is 34.4 Å². The van der Waals surface area contributed by atoms with Crippen LogP contribution in [0.2, 0.25) is 0 Å². The Bertz CT molecular complexity index is 709. The summed E-state index contributed by atoms with van der Waals surface area (Å²) in [5.74, 6) is -0.866. The van der Waals surface area contributed by atoms with Gasteiger partial charge in [-0.1, -0.05) is 0 Å². The summed E-state index contributed by atoms with van der Waals surface area (Å²) in [5, 5.41) is 13.3. The Balaban J connectivity index is 1.93. The number of aryl methyl sites for hydroxylation is 2. The fraction of sp³-hybridized carbons (Fsp3) is 0.385. The normalized spacial score (nSPS) is 22.7. The van der Waals surface area contributed by atoms with Crippen molar-refractivity contribution < 1.29 is 18.3 Å². The standard InChI is InChI=1S/C13H14N2O4S/c16-13(17)10-6-8-2-1-3-11(8)15-12(10)14-9-4-5-20(18,19)7-9/h4-6,9H,1-3,7H2,(H,14,15)(H,16,17). The summed E-state index contributed by atoms with van der Waals surface area (Å²) in [6.45, 7) is 0. The number of fused-ring (bicyclic) bond motifs is 1. The van der Waals surface area contributed by atoms with Crippen molar-refractivity contribution >= 4 is 21.6 Å². The molecule has 3 rings (SSSR count). The van der Waals surface area contributed by atoms with Gasteiger partial charge in [0.05, 0.1) is 11.8 Å². The second kappa shape index (κ2) is 4.59. The van der Waals surface area contributed by atoms with Gasteiger partial charge in [-0.2, -0.15) is 0 Å². The Morgan fingerprint density at radius 1 is 1.40 bits per heavy atom. The van der Waals surface area contributed by atoms with Gasteiger partial charge in [0.15, 0.2) is 9.84 Å². The van der Waals surface area contributed by atoms with Gasteiger partial charge in [-0.05, 0) is 37.0 Å². The molecule has 20 heavy (non-hydrogen) atoms. The number of carboxylic acids is 1. The van der Waals surface area contributed by atoms with E-state index in [1.165, 1.54) is 6.08 Å². The Morgan fingerprint density at radius 2 is 2.20 bits per heavy atom. The molecular weight excluding hydrogens is 280 g/mol. The van der Waals surface area contributed by atoms with Crippen LogP contribution in [0.3, 0.4) is 0 Å². The van der Waals surface area contributed by atoms with Gasteiger partial charge in [0.25, 0.3) is 0 Å². The van der Waals surface area contributed by atoms with Crippen LogP contribution in [-0.4, -0.2) is 36.3 Å². The van der Waals surface area contributed by atoms with E-state index in [-0.39, 0.29) is 17.1 Å². The maximum atomic E-state index is 11.4. The topological polar surface area (TPSA) is 96.4 Å². The lowest BCUT2D eigenvalue weighted by atomic mass is 10.1. The molecule has 2 N–H and O–H groups in total. The van der Waals surface area contributed by atoms with E-state index < -0.39 is 21.8 Å². The molecule has 2 heterocycles. The van der Waals surface area contributed by atoms with E-state index in [0.29, 0.717) is 0 Å². The first kappa shape index (κ1) is 13.1. The molecule has 0 radical (unpaired) electrons. The molecule has 0 spiro atoms. The molecule has 0 saturated carbocycles. The molecule has 0 bridgehead atoms. The Labute approximate surface area is 116 Å². The zero-order chi connectivity index (χ0) is 14.3. The molecule has 2 aliphatic rings. The van der Waals surface area contributed by atoms with E-state index in [2.05, 4.69) is 10.3 Å². The van der Waals surface area contributed by atoms with Crippen molar-refractivity contribution in [2.75, 3.05) is 11.1 Å². The van der Waals surface area contributed by atoms with Crippen molar-refractivity contribution in [2.24, 2.45) is 0 Å². The SMILES string of the molecule is O=C(O)c1cc2c(nc1NC1C=CS(=O)(=O)C1)CCC2. The number of sulfone groups is 1. The van der Waals surface area contributed by atoms with Gasteiger partial charge in [-0.15, -0.1) is 0 Å². The molecule has 0 fully saturated rings. The highest BCUT2D eigenvalue weighted by Gasteiger charge is 2.25. The van der Waals surface area contributed by atoms with Crippen LogP contribution in [0.25, 0.3) is 0 Å². The lowest BCUT2D eigenvalue weighted by Gasteiger charge is -2.14. The molecular formula is C13H14N2O4S. The second-order valence-corrected chi connectivity index (χ2v) is 6.99. The predicted octanol–water partition coefficient (Wildman–Crippen LogP) is 0.991. The maximum Gasteiger partial charge on any atom is 0.339 e. The molecule has 1 aliphatic carbocycles. The van der Waals surface area contributed by atoms with E-state index in [1.54, 1.807) is 6.07 Å². The third-order valence-electron chi connectivity index (χ3n) is 3.53. The van der Waals surface area contributed by atoms with Crippen LogP contribution in [0.4, 0.5) is 5.82 Å². The first-order valence-electron chi connectivity index (χ1n) is 6.38. The molecule has 0 aromatic carbocycles. The number of carbonyl (C=O) groups is 1. The fourth-order valence-corrected chi connectivity index (χ4v) is 3.82. The number of hydrogen-bond acceptors (Lipinski definition) is 5. The fourth-order valence-electron chi connectivity index (χ4n) is 2.59. The highest BCUT2D eigenvalue weighted by molar-refractivity contribution is 7.94. The molecule has 1 aromatic heterocycles. The average molecular weight is 294 g/mol. The molecule has 6 nitrogen and oxygen atoms in total. The molecule has 106 valence electrons. The molecule has 0 amide bonds. The van der Waals surface area contributed by atoms with Gasteiger partial charge in [-0.3, -0.25) is 0 Å². The molecule has 1 aliphatic heterocycles. The van der Waals surface area contributed by atoms with Crippen molar-refractivity contribution in [1.29, 1.82) is 0 Å². The Morgan fingerprint density at radius 3 is 2.85 bits per heavy atom. The van der Waals surface area contributed by atoms with Crippen molar-refractivity contribution in [1.82, 2.24) is 4.98 Å². The summed E-state index contributed by atoms with van der Waals surface area (Å²) in [6, 6.07) is 1.22. The lowest BCUT2D eigenvalue weighted by molar-refractivity contribution is 0.0697. The number of anilines is 1. The second-order valence-electron chi connectivity index (χ2n) is 5.06. The van der Waals surface area contributed by atoms with Crippen LogP contribution in [0, 0.1) is 0 Å². The number of rotatable bonds is 3. The van der Waals surface area contributed by atoms with Crippen molar-refractivity contribution in [2.45, 2.75) is 25.3 Å². The van der Waals surface area contributed by atoms with Crippen LogP contribution in [0.15, 0.2) is 17.6 Å². The average Bonchev–Trinajstić information content (AvgIpc) is 2.94. The molecule has 1 atom stereocenters. The third-order valence-corrected chi connectivity index (χ3v) is 4.93. The third kappa shape index (κ3) is 2.40. The van der Waals surface area contributed by atoms with E-state index >= 15 is 0 Å². The van der Waals surface area contributed by atoms with Crippen molar-refractivity contribution in [3.8, 4) is 0 Å². The van der Waals surface area contributed by atoms with Gasteiger partial charge >= 0.3 is 5.97 Å². The van der Waals surface area contributed by atoms with Crippen molar-refractivity contribution in [3.63, 3.8) is 0 Å². The summed E-state index contributed by atoms with van der Waals surface area (Å²) >= 11 is 0. The number of aromatic carboxylic acids is 1. The van der Waals surface area contributed by atoms with Gasteiger partial charge in [0, 0.05) is 11.1 Å². The summed E-state index contributed by atoms with van der Waals surface area (Å²) in [4.78, 5) is 15.7. The van der Waals surface area contributed by atoms with E-state index in [0.717, 1.165) is 35.9 Å². The molecule has 1 unspecified atom stereocenters. The van der Waals surface area contributed by atoms with Gasteiger partial charge in [0.1, 0.15) is 11.4 Å². The van der Waals surface area contributed by atoms with Crippen LogP contribution in [-0.2, 0) is 22.7 Å². The predicted molar refractivity (Wildman–Crippen MR) is 73.6 cm³/mol. The number of aromatic nitrogens is 1. The summed E-state index contributed by atoms with van der Waals surface area (Å²) < 4.78 is 22.7. The smallest absolute Gasteiger partial charge is 0.339 e. The quantitative estimate of drug-likeness (QED) is 0.863. The zero-order valence-electron chi connectivity index (χ0n) is 10.7. The van der Waals surface area contributed by atoms with E-state index in [4.69, 9.17) is 0 Å². The van der Waals surface area contributed by atoms with Crippen LogP contribution < -0.4 is 5.32 Å². The lowest BCUT2D eigenvalue weighted by Crippen LogP contribution is -2.23. The van der Waals surface area contributed by atoms with E-state index in [9.17, 15) is 18.3 Å². The number of hydrogen-bond donors (Lipinski definition) is 2. The molecule has 7 heteroatoms. The zero-order valence-corrected chi connectivity index (χ0v) is 11.5. The van der Waals surface area contributed by atoms with Crippen LogP contribution in [0.5, 0.6) is 0 Å². The largest absolute Gasteiger partial charge is 0.478 e. The minimum Gasteiger partial charge on any atom is -0.478 e. The van der Waals surface area contributed by atoms with Gasteiger partial charge in [-0.25, -0.2) is 18.2 Å². The van der Waals surface area contributed by atoms with Gasteiger partial charge in [0.2, 0.25) is 0 Å². The highest BCUT2D eigenvalue weighted by Crippen LogP contribution is 2.26. The monoisotopic (exact) mass is 294 g/mol. The molecule has 0 saturated heterocycles. The Hall–Kier alpha value is -1.89. The molecule has 1 aromatic rings. The summed E-state index contributed by atoms with van der Waals surface area (Å²) in [6.07, 6.45) is 4.18. The highest BCUT2D eigenvalue weighted by atomic mass is 32.2. The van der Waals surface area contributed by atoms with E-state index in [1.807, 2.05) is 0 Å².